The average Bonchev–Trinajstić information content (AvgIpc) is 2.46. The number of halogens is 1. The lowest BCUT2D eigenvalue weighted by Gasteiger charge is -2.04. The third kappa shape index (κ3) is 3.41. The summed E-state index contributed by atoms with van der Waals surface area (Å²) in [6.45, 7) is 1.87. The van der Waals surface area contributed by atoms with E-state index in [9.17, 15) is 13.7 Å². The first-order valence-electron chi connectivity index (χ1n) is 6.13. The molecule has 0 radical (unpaired) electrons. The third-order valence-corrected chi connectivity index (χ3v) is 5.21. The summed E-state index contributed by atoms with van der Waals surface area (Å²) in [5.74, 6) is 0. The van der Waals surface area contributed by atoms with Crippen LogP contribution in [0.1, 0.15) is 11.1 Å². The predicted octanol–water partition coefficient (Wildman–Crippen LogP) is 4.10. The zero-order valence-corrected chi connectivity index (χ0v) is 13.6. The van der Waals surface area contributed by atoms with Gasteiger partial charge in [0.05, 0.1) is 4.90 Å². The SMILES string of the molecule is Cc1ccccc1/C=C(\C#N)S(=O)(=O)c1ccc(Br)cc1. The maximum absolute atomic E-state index is 12.5. The minimum Gasteiger partial charge on any atom is -0.218 e. The molecule has 0 amide bonds. The van der Waals surface area contributed by atoms with Gasteiger partial charge in [0, 0.05) is 4.47 Å². The Morgan fingerprint density at radius 3 is 2.33 bits per heavy atom. The van der Waals surface area contributed by atoms with Crippen molar-refractivity contribution in [2.24, 2.45) is 0 Å². The summed E-state index contributed by atoms with van der Waals surface area (Å²) >= 11 is 3.26. The van der Waals surface area contributed by atoms with Gasteiger partial charge in [0.2, 0.25) is 9.84 Å². The van der Waals surface area contributed by atoms with E-state index < -0.39 is 9.84 Å². The van der Waals surface area contributed by atoms with E-state index >= 15 is 0 Å². The average molecular weight is 362 g/mol. The molecule has 0 saturated carbocycles. The van der Waals surface area contributed by atoms with Crippen LogP contribution in [0, 0.1) is 18.3 Å². The number of aryl methyl sites for hydroxylation is 1. The predicted molar refractivity (Wildman–Crippen MR) is 86.1 cm³/mol. The first-order chi connectivity index (χ1) is 9.95. The lowest BCUT2D eigenvalue weighted by Crippen LogP contribution is -2.03. The minimum atomic E-state index is -3.80. The number of benzene rings is 2. The summed E-state index contributed by atoms with van der Waals surface area (Å²) in [4.78, 5) is -0.161. The summed E-state index contributed by atoms with van der Waals surface area (Å²) < 4.78 is 25.7. The zero-order valence-electron chi connectivity index (χ0n) is 11.2. The van der Waals surface area contributed by atoms with Crippen molar-refractivity contribution >= 4 is 31.8 Å². The highest BCUT2D eigenvalue weighted by atomic mass is 79.9. The minimum absolute atomic E-state index is 0.104. The number of rotatable bonds is 3. The molecule has 0 aromatic heterocycles. The van der Waals surface area contributed by atoms with Gasteiger partial charge in [-0.05, 0) is 48.4 Å². The molecule has 2 aromatic carbocycles. The fourth-order valence-corrected chi connectivity index (χ4v) is 3.22. The van der Waals surface area contributed by atoms with Crippen LogP contribution < -0.4 is 0 Å². The molecule has 0 heterocycles. The zero-order chi connectivity index (χ0) is 15.5. The second-order valence-electron chi connectivity index (χ2n) is 4.43. The Morgan fingerprint density at radius 2 is 1.76 bits per heavy atom. The van der Waals surface area contributed by atoms with Gasteiger partial charge in [-0.1, -0.05) is 40.2 Å². The van der Waals surface area contributed by atoms with Gasteiger partial charge < -0.3 is 0 Å². The van der Waals surface area contributed by atoms with Crippen molar-refractivity contribution in [1.29, 1.82) is 5.26 Å². The van der Waals surface area contributed by atoms with E-state index in [4.69, 9.17) is 0 Å². The molecule has 3 nitrogen and oxygen atoms in total. The van der Waals surface area contributed by atoms with Gasteiger partial charge in [-0.15, -0.1) is 0 Å². The van der Waals surface area contributed by atoms with Gasteiger partial charge in [0.25, 0.3) is 0 Å². The van der Waals surface area contributed by atoms with Gasteiger partial charge >= 0.3 is 0 Å². The van der Waals surface area contributed by atoms with E-state index in [0.29, 0.717) is 0 Å². The summed E-state index contributed by atoms with van der Waals surface area (Å²) in [5.41, 5.74) is 1.63. The van der Waals surface area contributed by atoms with Gasteiger partial charge in [0.1, 0.15) is 11.0 Å². The van der Waals surface area contributed by atoms with Crippen LogP contribution in [0.2, 0.25) is 0 Å². The molecule has 0 atom stereocenters. The van der Waals surface area contributed by atoms with Crippen LogP contribution in [0.4, 0.5) is 0 Å². The Bertz CT molecular complexity index is 831. The number of allylic oxidation sites excluding steroid dienone is 1. The van der Waals surface area contributed by atoms with E-state index in [0.717, 1.165) is 15.6 Å². The fraction of sp³-hybridized carbons (Fsp3) is 0.0625. The summed E-state index contributed by atoms with van der Waals surface area (Å²) in [6.07, 6.45) is 1.41. The first-order valence-corrected chi connectivity index (χ1v) is 8.41. The molecule has 0 fully saturated rings. The number of nitrogens with zero attached hydrogens (tertiary/aromatic N) is 1. The van der Waals surface area contributed by atoms with Gasteiger partial charge in [-0.3, -0.25) is 0 Å². The lowest BCUT2D eigenvalue weighted by atomic mass is 10.1. The molecule has 21 heavy (non-hydrogen) atoms. The molecule has 5 heteroatoms. The van der Waals surface area contributed by atoms with Crippen molar-refractivity contribution in [3.8, 4) is 6.07 Å². The molecule has 0 spiro atoms. The van der Waals surface area contributed by atoms with Crippen molar-refractivity contribution in [3.05, 3.63) is 69.0 Å². The highest BCUT2D eigenvalue weighted by Crippen LogP contribution is 2.23. The molecule has 106 valence electrons. The van der Waals surface area contributed by atoms with Gasteiger partial charge in [-0.2, -0.15) is 5.26 Å². The second kappa shape index (κ2) is 6.25. The fourth-order valence-electron chi connectivity index (χ4n) is 1.80. The van der Waals surface area contributed by atoms with Crippen LogP contribution in [-0.4, -0.2) is 8.42 Å². The Hall–Kier alpha value is -1.90. The smallest absolute Gasteiger partial charge is 0.216 e. The van der Waals surface area contributed by atoms with Crippen LogP contribution in [0.15, 0.2) is 62.8 Å². The Morgan fingerprint density at radius 1 is 1.14 bits per heavy atom. The molecular formula is C16H12BrNO2S. The Labute approximate surface area is 132 Å². The molecule has 0 saturated heterocycles. The largest absolute Gasteiger partial charge is 0.218 e. The van der Waals surface area contributed by atoms with E-state index in [1.807, 2.05) is 19.1 Å². The molecule has 2 rings (SSSR count). The van der Waals surface area contributed by atoms with Crippen molar-refractivity contribution in [2.75, 3.05) is 0 Å². The number of nitriles is 1. The number of sulfone groups is 1. The van der Waals surface area contributed by atoms with Crippen LogP contribution in [0.5, 0.6) is 0 Å². The molecule has 2 aromatic rings. The Kier molecular flexibility index (Phi) is 4.61. The van der Waals surface area contributed by atoms with E-state index in [2.05, 4.69) is 15.9 Å². The summed E-state index contributed by atoms with van der Waals surface area (Å²) in [5, 5.41) is 9.22. The molecule has 0 aliphatic heterocycles. The maximum Gasteiger partial charge on any atom is 0.216 e. The van der Waals surface area contributed by atoms with E-state index in [-0.39, 0.29) is 9.80 Å². The van der Waals surface area contributed by atoms with Crippen LogP contribution in [0.25, 0.3) is 6.08 Å². The molecule has 0 aliphatic rings. The van der Waals surface area contributed by atoms with Crippen LogP contribution in [0.3, 0.4) is 0 Å². The van der Waals surface area contributed by atoms with E-state index in [1.54, 1.807) is 30.3 Å². The van der Waals surface area contributed by atoms with Crippen molar-refractivity contribution in [3.63, 3.8) is 0 Å². The first kappa shape index (κ1) is 15.5. The summed E-state index contributed by atoms with van der Waals surface area (Å²) in [7, 11) is -3.80. The highest BCUT2D eigenvalue weighted by molar-refractivity contribution is 9.10. The number of hydrogen-bond acceptors (Lipinski definition) is 3. The molecule has 0 bridgehead atoms. The third-order valence-electron chi connectivity index (χ3n) is 3.00. The van der Waals surface area contributed by atoms with Gasteiger partial charge in [-0.25, -0.2) is 8.42 Å². The lowest BCUT2D eigenvalue weighted by molar-refractivity contribution is 0.603. The molecule has 0 aliphatic carbocycles. The molecule has 0 unspecified atom stereocenters. The maximum atomic E-state index is 12.5. The molecule has 0 N–H and O–H groups in total. The quantitative estimate of drug-likeness (QED) is 0.773. The Balaban J connectivity index is 2.53. The van der Waals surface area contributed by atoms with Crippen molar-refractivity contribution < 1.29 is 8.42 Å². The van der Waals surface area contributed by atoms with Crippen molar-refractivity contribution in [1.82, 2.24) is 0 Å². The monoisotopic (exact) mass is 361 g/mol. The number of hydrogen-bond donors (Lipinski definition) is 0. The molecular weight excluding hydrogens is 350 g/mol. The topological polar surface area (TPSA) is 57.9 Å². The van der Waals surface area contributed by atoms with Crippen LogP contribution in [-0.2, 0) is 9.84 Å². The van der Waals surface area contributed by atoms with E-state index in [1.165, 1.54) is 18.2 Å². The van der Waals surface area contributed by atoms with Crippen LogP contribution >= 0.6 is 15.9 Å². The highest BCUT2D eigenvalue weighted by Gasteiger charge is 2.20. The standard InChI is InChI=1S/C16H12BrNO2S/c1-12-4-2-3-5-13(12)10-16(11-18)21(19,20)15-8-6-14(17)7-9-15/h2-10H,1H3/b16-10+. The van der Waals surface area contributed by atoms with Crippen molar-refractivity contribution in [2.45, 2.75) is 11.8 Å². The second-order valence-corrected chi connectivity index (χ2v) is 7.27. The van der Waals surface area contributed by atoms with Gasteiger partial charge in [0.15, 0.2) is 0 Å². The normalized spacial score (nSPS) is 12.0. The summed E-state index contributed by atoms with van der Waals surface area (Å²) in [6, 6.07) is 15.3.